The Morgan fingerprint density at radius 3 is 2.41 bits per heavy atom. The summed E-state index contributed by atoms with van der Waals surface area (Å²) in [4.78, 5) is 4.28. The van der Waals surface area contributed by atoms with Gasteiger partial charge in [0.25, 0.3) is 0 Å². The number of aliphatic imine (C=N–C) groups is 1. The van der Waals surface area contributed by atoms with E-state index in [1.165, 1.54) is 12.0 Å². The molecular formula is C21H28IN3O2. The van der Waals surface area contributed by atoms with Gasteiger partial charge in [0, 0.05) is 13.6 Å². The van der Waals surface area contributed by atoms with Gasteiger partial charge in [0.05, 0.1) is 13.7 Å². The van der Waals surface area contributed by atoms with Crippen LogP contribution in [0.3, 0.4) is 0 Å². The molecule has 0 aliphatic heterocycles. The Morgan fingerprint density at radius 2 is 1.74 bits per heavy atom. The average Bonchev–Trinajstić information content (AvgIpc) is 3.48. The van der Waals surface area contributed by atoms with Gasteiger partial charge in [-0.1, -0.05) is 30.3 Å². The first-order valence-electron chi connectivity index (χ1n) is 9.06. The zero-order valence-corrected chi connectivity index (χ0v) is 18.2. The summed E-state index contributed by atoms with van der Waals surface area (Å²) in [5.74, 6) is 3.85. The van der Waals surface area contributed by atoms with Crippen molar-refractivity contribution in [2.24, 2.45) is 10.9 Å². The van der Waals surface area contributed by atoms with Crippen molar-refractivity contribution < 1.29 is 9.47 Å². The van der Waals surface area contributed by atoms with Crippen molar-refractivity contribution in [3.05, 3.63) is 60.2 Å². The maximum atomic E-state index is 5.71. The van der Waals surface area contributed by atoms with Crippen LogP contribution in [-0.4, -0.2) is 39.8 Å². The van der Waals surface area contributed by atoms with Crippen LogP contribution in [-0.2, 0) is 0 Å². The van der Waals surface area contributed by atoms with Crippen LogP contribution in [0.2, 0.25) is 0 Å². The highest BCUT2D eigenvalue weighted by molar-refractivity contribution is 14.0. The lowest BCUT2D eigenvalue weighted by Crippen LogP contribution is -2.40. The number of hydrogen-bond donors (Lipinski definition) is 2. The van der Waals surface area contributed by atoms with Crippen molar-refractivity contribution in [3.8, 4) is 11.5 Å². The Kier molecular flexibility index (Phi) is 8.71. The fourth-order valence-corrected chi connectivity index (χ4v) is 3.04. The van der Waals surface area contributed by atoms with Crippen molar-refractivity contribution in [1.82, 2.24) is 10.6 Å². The van der Waals surface area contributed by atoms with Crippen molar-refractivity contribution in [3.63, 3.8) is 0 Å². The molecule has 2 aromatic rings. The maximum Gasteiger partial charge on any atom is 0.191 e. The van der Waals surface area contributed by atoms with Crippen molar-refractivity contribution in [2.45, 2.75) is 12.3 Å². The molecule has 3 rings (SSSR count). The molecule has 0 radical (unpaired) electrons. The molecule has 2 atom stereocenters. The third-order valence-corrected chi connectivity index (χ3v) is 4.63. The number of methoxy groups -OCH3 is 1. The van der Waals surface area contributed by atoms with Gasteiger partial charge in [-0.15, -0.1) is 24.0 Å². The molecule has 2 N–H and O–H groups in total. The number of rotatable bonds is 8. The molecule has 0 amide bonds. The quantitative estimate of drug-likeness (QED) is 0.262. The molecule has 1 saturated carbocycles. The molecule has 0 aromatic heterocycles. The summed E-state index contributed by atoms with van der Waals surface area (Å²) in [5, 5.41) is 6.70. The third-order valence-electron chi connectivity index (χ3n) is 4.63. The van der Waals surface area contributed by atoms with E-state index in [0.717, 1.165) is 24.0 Å². The van der Waals surface area contributed by atoms with Crippen molar-refractivity contribution in [1.29, 1.82) is 0 Å². The van der Waals surface area contributed by atoms with Gasteiger partial charge < -0.3 is 20.1 Å². The van der Waals surface area contributed by atoms with Crippen LogP contribution in [0.25, 0.3) is 0 Å². The molecule has 1 aliphatic carbocycles. The molecule has 0 heterocycles. The number of benzene rings is 2. The molecule has 1 aliphatic rings. The zero-order valence-electron chi connectivity index (χ0n) is 15.9. The lowest BCUT2D eigenvalue weighted by Gasteiger charge is -2.12. The molecule has 6 heteroatoms. The first kappa shape index (κ1) is 21.3. The number of ether oxygens (including phenoxy) is 2. The summed E-state index contributed by atoms with van der Waals surface area (Å²) < 4.78 is 10.8. The standard InChI is InChI=1S/C21H27N3O2.HI/c1-22-21(23-12-13-26-19-10-8-18(25-2)9-11-19)24-15-17-14-20(17)16-6-4-3-5-7-16;/h3-11,17,20H,12-15H2,1-2H3,(H2,22,23,24);1H. The van der Waals surface area contributed by atoms with E-state index in [2.05, 4.69) is 46.0 Å². The fourth-order valence-electron chi connectivity index (χ4n) is 3.04. The molecule has 0 bridgehead atoms. The molecule has 2 aromatic carbocycles. The second-order valence-corrected chi connectivity index (χ2v) is 6.42. The second-order valence-electron chi connectivity index (χ2n) is 6.42. The minimum Gasteiger partial charge on any atom is -0.497 e. The molecule has 2 unspecified atom stereocenters. The van der Waals surface area contributed by atoms with E-state index in [0.29, 0.717) is 25.0 Å². The van der Waals surface area contributed by atoms with Crippen molar-refractivity contribution in [2.75, 3.05) is 33.9 Å². The largest absolute Gasteiger partial charge is 0.497 e. The number of hydrogen-bond acceptors (Lipinski definition) is 3. The van der Waals surface area contributed by atoms with E-state index in [4.69, 9.17) is 9.47 Å². The van der Waals surface area contributed by atoms with E-state index in [1.807, 2.05) is 24.3 Å². The summed E-state index contributed by atoms with van der Waals surface area (Å²) in [5.41, 5.74) is 1.44. The minimum absolute atomic E-state index is 0. The Labute approximate surface area is 178 Å². The second kappa shape index (κ2) is 11.0. The number of nitrogens with one attached hydrogen (secondary N) is 2. The van der Waals surface area contributed by atoms with Gasteiger partial charge in [0.2, 0.25) is 0 Å². The fraction of sp³-hybridized carbons (Fsp3) is 0.381. The van der Waals surface area contributed by atoms with Crippen LogP contribution in [0.1, 0.15) is 17.9 Å². The normalized spacial score (nSPS) is 18.2. The number of guanidine groups is 1. The summed E-state index contributed by atoms with van der Waals surface area (Å²) >= 11 is 0. The van der Waals surface area contributed by atoms with E-state index < -0.39 is 0 Å². The highest BCUT2D eigenvalue weighted by atomic mass is 127. The van der Waals surface area contributed by atoms with Crippen molar-refractivity contribution >= 4 is 29.9 Å². The van der Waals surface area contributed by atoms with Crippen LogP contribution < -0.4 is 20.1 Å². The van der Waals surface area contributed by atoms with Gasteiger partial charge >= 0.3 is 0 Å². The predicted molar refractivity (Wildman–Crippen MR) is 121 cm³/mol. The van der Waals surface area contributed by atoms with E-state index in [-0.39, 0.29) is 24.0 Å². The lowest BCUT2D eigenvalue weighted by atomic mass is 10.1. The minimum atomic E-state index is 0. The lowest BCUT2D eigenvalue weighted by molar-refractivity contribution is 0.321. The number of halogens is 1. The predicted octanol–water partition coefficient (Wildman–Crippen LogP) is 3.66. The molecule has 1 fully saturated rings. The van der Waals surface area contributed by atoms with E-state index in [9.17, 15) is 0 Å². The smallest absolute Gasteiger partial charge is 0.191 e. The van der Waals surface area contributed by atoms with Gasteiger partial charge in [-0.25, -0.2) is 0 Å². The molecule has 0 spiro atoms. The molecule has 5 nitrogen and oxygen atoms in total. The Bertz CT molecular complexity index is 707. The van der Waals surface area contributed by atoms with Crippen LogP contribution >= 0.6 is 24.0 Å². The van der Waals surface area contributed by atoms with E-state index in [1.54, 1.807) is 14.2 Å². The van der Waals surface area contributed by atoms with E-state index >= 15 is 0 Å². The topological polar surface area (TPSA) is 54.9 Å². The van der Waals surface area contributed by atoms with Crippen LogP contribution in [0.4, 0.5) is 0 Å². The highest BCUT2D eigenvalue weighted by Crippen LogP contribution is 2.46. The van der Waals surface area contributed by atoms with Crippen LogP contribution in [0, 0.1) is 5.92 Å². The number of nitrogens with zero attached hydrogens (tertiary/aromatic N) is 1. The Morgan fingerprint density at radius 1 is 1.04 bits per heavy atom. The summed E-state index contributed by atoms with van der Waals surface area (Å²) in [6.45, 7) is 2.21. The summed E-state index contributed by atoms with van der Waals surface area (Å²) in [6.07, 6.45) is 1.24. The van der Waals surface area contributed by atoms with Crippen LogP contribution in [0.15, 0.2) is 59.6 Å². The zero-order chi connectivity index (χ0) is 18.2. The van der Waals surface area contributed by atoms with Gasteiger partial charge in [-0.3, -0.25) is 4.99 Å². The molecule has 146 valence electrons. The van der Waals surface area contributed by atoms with Gasteiger partial charge in [0.1, 0.15) is 18.1 Å². The average molecular weight is 481 g/mol. The molecular weight excluding hydrogens is 453 g/mol. The SMILES string of the molecule is CN=C(NCCOc1ccc(OC)cc1)NCC1CC1c1ccccc1.I. The highest BCUT2D eigenvalue weighted by Gasteiger charge is 2.37. The first-order chi connectivity index (χ1) is 12.8. The maximum absolute atomic E-state index is 5.71. The third kappa shape index (κ3) is 6.61. The van der Waals surface area contributed by atoms with Crippen LogP contribution in [0.5, 0.6) is 11.5 Å². The Balaban J connectivity index is 0.00000261. The first-order valence-corrected chi connectivity index (χ1v) is 9.06. The molecule has 0 saturated heterocycles. The van der Waals surface area contributed by atoms with Gasteiger partial charge in [-0.2, -0.15) is 0 Å². The summed E-state index contributed by atoms with van der Waals surface area (Å²) in [6, 6.07) is 18.3. The van der Waals surface area contributed by atoms with Gasteiger partial charge in [-0.05, 0) is 48.1 Å². The molecule has 27 heavy (non-hydrogen) atoms. The monoisotopic (exact) mass is 481 g/mol. The Hall–Kier alpha value is -1.96. The van der Waals surface area contributed by atoms with Gasteiger partial charge in [0.15, 0.2) is 5.96 Å². The summed E-state index contributed by atoms with van der Waals surface area (Å²) in [7, 11) is 3.45.